The van der Waals surface area contributed by atoms with Crippen molar-refractivity contribution < 1.29 is 27.5 Å². The average molecular weight is 409 g/mol. The van der Waals surface area contributed by atoms with Gasteiger partial charge in [0, 0.05) is 65.5 Å². The van der Waals surface area contributed by atoms with E-state index in [-0.39, 0.29) is 0 Å². The van der Waals surface area contributed by atoms with Gasteiger partial charge in [0.15, 0.2) is 0 Å². The van der Waals surface area contributed by atoms with Crippen molar-refractivity contribution >= 4 is 8.80 Å². The van der Waals surface area contributed by atoms with Crippen LogP contribution in [0, 0.1) is 0 Å². The molecule has 0 rings (SSSR count). The molecule has 164 valence electrons. The predicted molar refractivity (Wildman–Crippen MR) is 111 cm³/mol. The van der Waals surface area contributed by atoms with Crippen LogP contribution in [-0.4, -0.2) is 68.3 Å². The van der Waals surface area contributed by atoms with Gasteiger partial charge in [-0.25, -0.2) is 0 Å². The van der Waals surface area contributed by atoms with Gasteiger partial charge in [-0.2, -0.15) is 0 Å². The highest BCUT2D eigenvalue weighted by atomic mass is 28.4. The average Bonchev–Trinajstić information content (AvgIpc) is 2.69. The molecule has 0 aromatic rings. The summed E-state index contributed by atoms with van der Waals surface area (Å²) in [6, 6.07) is 0.801. The smallest absolute Gasteiger partial charge is 0.382 e. The predicted octanol–water partition coefficient (Wildman–Crippen LogP) is 4.45. The number of hydrogen-bond acceptors (Lipinski definition) is 6. The standard InChI is InChI=1S/C20H44O6Si/c1-5-21-15-9-12-18-24-27(8-4,25-19-13-10-16-22-6-2)26-20-14-11-17-23-7-3/h5-20H2,1-4H3. The van der Waals surface area contributed by atoms with Gasteiger partial charge < -0.3 is 27.5 Å². The van der Waals surface area contributed by atoms with Crippen LogP contribution in [0.4, 0.5) is 0 Å². The van der Waals surface area contributed by atoms with Crippen LogP contribution >= 0.6 is 0 Å². The van der Waals surface area contributed by atoms with Gasteiger partial charge in [0.2, 0.25) is 0 Å². The molecule has 0 aliphatic heterocycles. The Balaban J connectivity index is 4.23. The summed E-state index contributed by atoms with van der Waals surface area (Å²) in [6.07, 6.45) is 5.92. The molecule has 0 amide bonds. The van der Waals surface area contributed by atoms with E-state index in [2.05, 4.69) is 6.92 Å². The zero-order valence-corrected chi connectivity index (χ0v) is 19.3. The molecule has 0 saturated heterocycles. The van der Waals surface area contributed by atoms with Crippen LogP contribution in [0.2, 0.25) is 6.04 Å². The van der Waals surface area contributed by atoms with E-state index in [9.17, 15) is 0 Å². The lowest BCUT2D eigenvalue weighted by atomic mass is 10.3. The third-order valence-corrected chi connectivity index (χ3v) is 6.86. The first-order valence-corrected chi connectivity index (χ1v) is 12.8. The van der Waals surface area contributed by atoms with Crippen LogP contribution in [0.3, 0.4) is 0 Å². The molecular weight excluding hydrogens is 364 g/mol. The van der Waals surface area contributed by atoms with Crippen LogP contribution < -0.4 is 0 Å². The second kappa shape index (κ2) is 20.7. The van der Waals surface area contributed by atoms with Gasteiger partial charge in [0.1, 0.15) is 0 Å². The summed E-state index contributed by atoms with van der Waals surface area (Å²) in [7, 11) is -2.60. The lowest BCUT2D eigenvalue weighted by molar-refractivity contribution is 0.0494. The lowest BCUT2D eigenvalue weighted by Gasteiger charge is -2.29. The molecule has 0 saturated carbocycles. The van der Waals surface area contributed by atoms with Crippen LogP contribution in [0.5, 0.6) is 0 Å². The molecule has 0 bridgehead atoms. The number of hydrogen-bond donors (Lipinski definition) is 0. The van der Waals surface area contributed by atoms with Crippen LogP contribution in [0.1, 0.15) is 66.2 Å². The number of unbranched alkanes of at least 4 members (excludes halogenated alkanes) is 3. The van der Waals surface area contributed by atoms with Gasteiger partial charge >= 0.3 is 8.80 Å². The third-order valence-electron chi connectivity index (χ3n) is 4.06. The van der Waals surface area contributed by atoms with Crippen molar-refractivity contribution in [3.63, 3.8) is 0 Å². The van der Waals surface area contributed by atoms with Gasteiger partial charge in [-0.3, -0.25) is 0 Å². The molecule has 0 N–H and O–H groups in total. The Kier molecular flexibility index (Phi) is 20.7. The van der Waals surface area contributed by atoms with Gasteiger partial charge in [0.05, 0.1) is 0 Å². The van der Waals surface area contributed by atoms with Crippen LogP contribution in [-0.2, 0) is 27.5 Å². The molecule has 0 heterocycles. The van der Waals surface area contributed by atoms with Gasteiger partial charge in [-0.1, -0.05) is 6.92 Å². The van der Waals surface area contributed by atoms with Crippen LogP contribution in [0.15, 0.2) is 0 Å². The Morgan fingerprint density at radius 1 is 0.444 bits per heavy atom. The van der Waals surface area contributed by atoms with E-state index in [0.717, 1.165) is 84.2 Å². The quantitative estimate of drug-likeness (QED) is 0.195. The third kappa shape index (κ3) is 16.6. The minimum absolute atomic E-state index is 0.672. The summed E-state index contributed by atoms with van der Waals surface area (Å²) in [6.45, 7) is 14.8. The van der Waals surface area contributed by atoms with Crippen molar-refractivity contribution in [3.8, 4) is 0 Å². The normalized spacial score (nSPS) is 12.0. The molecule has 6 nitrogen and oxygen atoms in total. The summed E-state index contributed by atoms with van der Waals surface area (Å²) >= 11 is 0. The molecule has 0 unspecified atom stereocenters. The fourth-order valence-electron chi connectivity index (χ4n) is 2.47. The maximum absolute atomic E-state index is 6.19. The first kappa shape index (κ1) is 27.0. The van der Waals surface area contributed by atoms with Crippen molar-refractivity contribution in [2.75, 3.05) is 59.5 Å². The first-order chi connectivity index (χ1) is 13.2. The lowest BCUT2D eigenvalue weighted by Crippen LogP contribution is -2.46. The molecule has 0 aromatic carbocycles. The van der Waals surface area contributed by atoms with E-state index in [0.29, 0.717) is 19.8 Å². The van der Waals surface area contributed by atoms with E-state index in [4.69, 9.17) is 27.5 Å². The Labute approximate surface area is 168 Å². The maximum Gasteiger partial charge on any atom is 0.500 e. The first-order valence-electron chi connectivity index (χ1n) is 10.9. The van der Waals surface area contributed by atoms with Crippen molar-refractivity contribution in [1.82, 2.24) is 0 Å². The van der Waals surface area contributed by atoms with Gasteiger partial charge in [-0.05, 0) is 59.3 Å². The molecule has 0 aromatic heterocycles. The molecule has 0 spiro atoms. The van der Waals surface area contributed by atoms with E-state index >= 15 is 0 Å². The Hall–Kier alpha value is -0.0231. The van der Waals surface area contributed by atoms with Gasteiger partial charge in [0.25, 0.3) is 0 Å². The minimum Gasteiger partial charge on any atom is -0.382 e. The highest BCUT2D eigenvalue weighted by molar-refractivity contribution is 6.60. The topological polar surface area (TPSA) is 55.4 Å². The highest BCUT2D eigenvalue weighted by Gasteiger charge is 2.38. The van der Waals surface area contributed by atoms with Crippen molar-refractivity contribution in [1.29, 1.82) is 0 Å². The molecular formula is C20H44O6Si. The van der Waals surface area contributed by atoms with Crippen molar-refractivity contribution in [3.05, 3.63) is 0 Å². The molecule has 7 heteroatoms. The van der Waals surface area contributed by atoms with Crippen molar-refractivity contribution in [2.45, 2.75) is 72.3 Å². The molecule has 0 aliphatic carbocycles. The molecule has 0 radical (unpaired) electrons. The largest absolute Gasteiger partial charge is 0.500 e. The Morgan fingerprint density at radius 2 is 0.741 bits per heavy atom. The minimum atomic E-state index is -2.60. The molecule has 27 heavy (non-hydrogen) atoms. The summed E-state index contributed by atoms with van der Waals surface area (Å²) in [4.78, 5) is 0. The monoisotopic (exact) mass is 408 g/mol. The Bertz CT molecular complexity index is 253. The summed E-state index contributed by atoms with van der Waals surface area (Å²) in [5.41, 5.74) is 0. The van der Waals surface area contributed by atoms with E-state index in [1.54, 1.807) is 0 Å². The Morgan fingerprint density at radius 3 is 1.00 bits per heavy atom. The SMILES string of the molecule is CCOCCCCO[Si](CC)(OCCCCOCC)OCCCCOCC. The molecule has 0 atom stereocenters. The second-order valence-electron chi connectivity index (χ2n) is 6.29. The summed E-state index contributed by atoms with van der Waals surface area (Å²) in [5.74, 6) is 0. The van der Waals surface area contributed by atoms with E-state index in [1.807, 2.05) is 20.8 Å². The number of ether oxygens (including phenoxy) is 3. The molecule has 0 fully saturated rings. The summed E-state index contributed by atoms with van der Waals surface area (Å²) < 4.78 is 34.7. The highest BCUT2D eigenvalue weighted by Crippen LogP contribution is 2.18. The van der Waals surface area contributed by atoms with Crippen LogP contribution in [0.25, 0.3) is 0 Å². The fraction of sp³-hybridized carbons (Fsp3) is 1.00. The molecule has 0 aliphatic rings. The van der Waals surface area contributed by atoms with Gasteiger partial charge in [-0.15, -0.1) is 0 Å². The van der Waals surface area contributed by atoms with E-state index < -0.39 is 8.80 Å². The maximum atomic E-state index is 6.19. The van der Waals surface area contributed by atoms with Crippen molar-refractivity contribution in [2.24, 2.45) is 0 Å². The summed E-state index contributed by atoms with van der Waals surface area (Å²) in [5, 5.41) is 0. The zero-order chi connectivity index (χ0) is 20.1. The van der Waals surface area contributed by atoms with E-state index in [1.165, 1.54) is 0 Å². The zero-order valence-electron chi connectivity index (χ0n) is 18.3. The fourth-order valence-corrected chi connectivity index (χ4v) is 4.69. The number of rotatable bonds is 22. The second-order valence-corrected chi connectivity index (χ2v) is 9.23.